The summed E-state index contributed by atoms with van der Waals surface area (Å²) in [6, 6.07) is 3.72. The van der Waals surface area contributed by atoms with Crippen molar-refractivity contribution in [2.45, 2.75) is 32.2 Å². The summed E-state index contributed by atoms with van der Waals surface area (Å²) in [7, 11) is 0. The number of nitrogens with zero attached hydrogens (tertiary/aromatic N) is 1. The number of aromatic nitrogens is 1. The molecule has 3 aliphatic rings. The Morgan fingerprint density at radius 2 is 1.86 bits per heavy atom. The first-order chi connectivity index (χ1) is 10.2. The maximum atomic E-state index is 12.5. The summed E-state index contributed by atoms with van der Waals surface area (Å²) >= 11 is 0. The number of pyridine rings is 1. The van der Waals surface area contributed by atoms with E-state index in [0.29, 0.717) is 6.54 Å². The first kappa shape index (κ1) is 14.0. The second kappa shape index (κ2) is 5.84. The molecule has 0 unspecified atom stereocenters. The second-order valence-corrected chi connectivity index (χ2v) is 6.14. The van der Waals surface area contributed by atoms with Gasteiger partial charge in [-0.1, -0.05) is 6.07 Å². The van der Waals surface area contributed by atoms with Gasteiger partial charge in [0, 0.05) is 18.9 Å². The van der Waals surface area contributed by atoms with Crippen LogP contribution in [-0.2, 0) is 16.1 Å². The van der Waals surface area contributed by atoms with Crippen LogP contribution in [0.1, 0.15) is 31.2 Å². The van der Waals surface area contributed by atoms with Gasteiger partial charge < -0.3 is 10.4 Å². The van der Waals surface area contributed by atoms with E-state index in [4.69, 9.17) is 0 Å². The molecular weight excluding hydrogens is 268 g/mol. The smallest absolute Gasteiger partial charge is 0.307 e. The summed E-state index contributed by atoms with van der Waals surface area (Å²) in [6.45, 7) is 0.410. The molecule has 3 saturated carbocycles. The number of hydrogen-bond acceptors (Lipinski definition) is 3. The number of carboxylic acid groups (broad SMARTS) is 1. The number of fused-ring (bicyclic) bond motifs is 3. The van der Waals surface area contributed by atoms with Gasteiger partial charge in [-0.3, -0.25) is 14.6 Å². The Balaban J connectivity index is 1.69. The Labute approximate surface area is 123 Å². The average molecular weight is 288 g/mol. The van der Waals surface area contributed by atoms with Gasteiger partial charge in [-0.15, -0.1) is 0 Å². The number of carbonyl (C=O) groups is 2. The summed E-state index contributed by atoms with van der Waals surface area (Å²) in [6.07, 6.45) is 7.27. The summed E-state index contributed by atoms with van der Waals surface area (Å²) in [4.78, 5) is 28.0. The fraction of sp³-hybridized carbons (Fsp3) is 0.562. The quantitative estimate of drug-likeness (QED) is 0.886. The molecule has 0 radical (unpaired) electrons. The lowest BCUT2D eigenvalue weighted by Gasteiger charge is -2.45. The van der Waals surface area contributed by atoms with E-state index in [9.17, 15) is 14.7 Å². The molecule has 0 aromatic carbocycles. The molecule has 112 valence electrons. The molecule has 3 aliphatic carbocycles. The minimum absolute atomic E-state index is 0.111. The van der Waals surface area contributed by atoms with E-state index in [1.165, 1.54) is 0 Å². The van der Waals surface area contributed by atoms with Gasteiger partial charge in [0.05, 0.1) is 11.8 Å². The highest BCUT2D eigenvalue weighted by Crippen LogP contribution is 2.49. The minimum Gasteiger partial charge on any atom is -0.481 e. The van der Waals surface area contributed by atoms with Crippen molar-refractivity contribution in [2.24, 2.45) is 23.7 Å². The van der Waals surface area contributed by atoms with Crippen LogP contribution in [0.25, 0.3) is 0 Å². The van der Waals surface area contributed by atoms with Crippen LogP contribution < -0.4 is 5.32 Å². The molecule has 5 nitrogen and oxygen atoms in total. The Morgan fingerprint density at radius 1 is 1.19 bits per heavy atom. The van der Waals surface area contributed by atoms with E-state index in [2.05, 4.69) is 10.3 Å². The summed E-state index contributed by atoms with van der Waals surface area (Å²) in [5, 5.41) is 12.4. The molecular formula is C16H20N2O3. The first-order valence-corrected chi connectivity index (χ1v) is 7.56. The van der Waals surface area contributed by atoms with E-state index in [-0.39, 0.29) is 23.7 Å². The fourth-order valence-electron chi connectivity index (χ4n) is 3.99. The van der Waals surface area contributed by atoms with Gasteiger partial charge >= 0.3 is 5.97 Å². The van der Waals surface area contributed by atoms with Crippen LogP contribution in [0, 0.1) is 23.7 Å². The molecule has 0 aliphatic heterocycles. The molecule has 1 aromatic heterocycles. The van der Waals surface area contributed by atoms with Crippen molar-refractivity contribution < 1.29 is 14.7 Å². The van der Waals surface area contributed by atoms with Gasteiger partial charge in [-0.2, -0.15) is 0 Å². The molecule has 2 N–H and O–H groups in total. The van der Waals surface area contributed by atoms with Crippen LogP contribution in [-0.4, -0.2) is 22.0 Å². The maximum absolute atomic E-state index is 12.5. The Morgan fingerprint density at radius 3 is 2.43 bits per heavy atom. The molecule has 2 bridgehead atoms. The number of rotatable bonds is 4. The zero-order valence-corrected chi connectivity index (χ0v) is 11.9. The number of amides is 1. The molecule has 1 heterocycles. The summed E-state index contributed by atoms with van der Waals surface area (Å²) in [5.74, 6) is -1.41. The molecule has 21 heavy (non-hydrogen) atoms. The molecule has 2 atom stereocenters. The maximum Gasteiger partial charge on any atom is 0.307 e. The Hall–Kier alpha value is -1.91. The molecule has 0 saturated heterocycles. The minimum atomic E-state index is -0.814. The van der Waals surface area contributed by atoms with Crippen molar-refractivity contribution >= 4 is 11.9 Å². The molecule has 5 heteroatoms. The van der Waals surface area contributed by atoms with Crippen LogP contribution >= 0.6 is 0 Å². The molecule has 4 rings (SSSR count). The van der Waals surface area contributed by atoms with Crippen molar-refractivity contribution in [1.82, 2.24) is 10.3 Å². The van der Waals surface area contributed by atoms with Crippen LogP contribution in [0.3, 0.4) is 0 Å². The molecule has 3 fully saturated rings. The summed E-state index contributed by atoms with van der Waals surface area (Å²) in [5.41, 5.74) is 0.929. The first-order valence-electron chi connectivity index (χ1n) is 7.56. The number of carboxylic acids is 1. The predicted octanol–water partition coefficient (Wildman–Crippen LogP) is 1.83. The zero-order valence-electron chi connectivity index (χ0n) is 11.9. The van der Waals surface area contributed by atoms with Gasteiger partial charge in [0.25, 0.3) is 0 Å². The van der Waals surface area contributed by atoms with Crippen LogP contribution in [0.5, 0.6) is 0 Å². The predicted molar refractivity (Wildman–Crippen MR) is 76.1 cm³/mol. The number of hydrogen-bond donors (Lipinski definition) is 2. The van der Waals surface area contributed by atoms with Crippen molar-refractivity contribution in [3.63, 3.8) is 0 Å². The van der Waals surface area contributed by atoms with Crippen LogP contribution in [0.2, 0.25) is 0 Å². The topological polar surface area (TPSA) is 79.3 Å². The van der Waals surface area contributed by atoms with E-state index in [1.807, 2.05) is 12.1 Å². The number of carbonyl (C=O) groups excluding carboxylic acids is 1. The number of nitrogens with one attached hydrogen (secondary N) is 1. The normalized spacial score (nSPS) is 30.9. The number of aliphatic carboxylic acids is 1. The zero-order chi connectivity index (χ0) is 14.8. The highest BCUT2D eigenvalue weighted by molar-refractivity contribution is 5.85. The van der Waals surface area contributed by atoms with Gasteiger partial charge in [0.1, 0.15) is 0 Å². The second-order valence-electron chi connectivity index (χ2n) is 6.14. The third-order valence-corrected chi connectivity index (χ3v) is 5.00. The highest BCUT2D eigenvalue weighted by Gasteiger charge is 2.50. The van der Waals surface area contributed by atoms with Crippen LogP contribution in [0.15, 0.2) is 24.5 Å². The van der Waals surface area contributed by atoms with Crippen molar-refractivity contribution in [2.75, 3.05) is 0 Å². The van der Waals surface area contributed by atoms with Crippen molar-refractivity contribution in [3.8, 4) is 0 Å². The Bertz CT molecular complexity index is 524. The lowest BCUT2D eigenvalue weighted by molar-refractivity contribution is -0.158. The third kappa shape index (κ3) is 2.77. The summed E-state index contributed by atoms with van der Waals surface area (Å²) < 4.78 is 0. The van der Waals surface area contributed by atoms with E-state index >= 15 is 0 Å². The van der Waals surface area contributed by atoms with E-state index in [0.717, 1.165) is 31.2 Å². The van der Waals surface area contributed by atoms with Gasteiger partial charge in [0.15, 0.2) is 0 Å². The molecule has 1 amide bonds. The average Bonchev–Trinajstić information content (AvgIpc) is 2.53. The molecule has 1 aromatic rings. The van der Waals surface area contributed by atoms with Crippen molar-refractivity contribution in [3.05, 3.63) is 30.1 Å². The SMILES string of the molecule is O=C(O)[C@@H]1C2CCC(CC2)[C@@H]1C(=O)NCc1cccnc1. The lowest BCUT2D eigenvalue weighted by atomic mass is 9.58. The van der Waals surface area contributed by atoms with E-state index in [1.54, 1.807) is 12.4 Å². The van der Waals surface area contributed by atoms with Crippen molar-refractivity contribution in [1.29, 1.82) is 0 Å². The monoisotopic (exact) mass is 288 g/mol. The van der Waals surface area contributed by atoms with Gasteiger partial charge in [0.2, 0.25) is 5.91 Å². The highest BCUT2D eigenvalue weighted by atomic mass is 16.4. The van der Waals surface area contributed by atoms with Gasteiger partial charge in [-0.05, 0) is 49.1 Å². The fourth-order valence-corrected chi connectivity index (χ4v) is 3.99. The van der Waals surface area contributed by atoms with Gasteiger partial charge in [-0.25, -0.2) is 0 Å². The Kier molecular flexibility index (Phi) is 3.90. The van der Waals surface area contributed by atoms with Crippen LogP contribution in [0.4, 0.5) is 0 Å². The molecule has 0 spiro atoms. The third-order valence-electron chi connectivity index (χ3n) is 5.00. The largest absolute Gasteiger partial charge is 0.481 e. The lowest BCUT2D eigenvalue weighted by Crippen LogP contribution is -2.50. The standard InChI is InChI=1S/C16H20N2O3/c19-15(18-9-10-2-1-7-17-8-10)13-11-3-5-12(6-4-11)14(13)16(20)21/h1-2,7-8,11-14H,3-6,9H2,(H,18,19)(H,20,21)/t11?,12?,13-,14+/m0/s1. The van der Waals surface area contributed by atoms with E-state index < -0.39 is 11.9 Å².